The van der Waals surface area contributed by atoms with Gasteiger partial charge in [-0.05, 0) is 34.6 Å². The van der Waals surface area contributed by atoms with Crippen LogP contribution in [0.15, 0.2) is 40.2 Å². The number of para-hydroxylation sites is 1. The number of rotatable bonds is 8. The number of hydrogen-bond donors (Lipinski definition) is 1. The van der Waals surface area contributed by atoms with Crippen LogP contribution in [0.2, 0.25) is 0 Å². The summed E-state index contributed by atoms with van der Waals surface area (Å²) >= 11 is 5.27. The predicted octanol–water partition coefficient (Wildman–Crippen LogP) is 4.23. The average Bonchev–Trinajstić information content (AvgIpc) is 2.92. The van der Waals surface area contributed by atoms with Crippen LogP contribution in [-0.2, 0) is 4.74 Å². The molecular weight excluding hydrogens is 350 g/mol. The van der Waals surface area contributed by atoms with Crippen LogP contribution in [0.25, 0.3) is 0 Å². The van der Waals surface area contributed by atoms with Crippen LogP contribution in [0.1, 0.15) is 23.4 Å². The van der Waals surface area contributed by atoms with E-state index < -0.39 is 0 Å². The predicted molar refractivity (Wildman–Crippen MR) is 91.4 cm³/mol. The summed E-state index contributed by atoms with van der Waals surface area (Å²) in [6.07, 6.45) is 0. The summed E-state index contributed by atoms with van der Waals surface area (Å²) in [7, 11) is 1.68. The molecule has 0 amide bonds. The Labute approximate surface area is 138 Å². The molecule has 0 spiro atoms. The highest BCUT2D eigenvalue weighted by molar-refractivity contribution is 9.10. The van der Waals surface area contributed by atoms with E-state index in [4.69, 9.17) is 9.47 Å². The molecule has 0 aliphatic rings. The van der Waals surface area contributed by atoms with Gasteiger partial charge >= 0.3 is 0 Å². The van der Waals surface area contributed by atoms with Gasteiger partial charge in [0.2, 0.25) is 0 Å². The Morgan fingerprint density at radius 3 is 2.76 bits per heavy atom. The second-order valence-electron chi connectivity index (χ2n) is 4.54. The van der Waals surface area contributed by atoms with E-state index in [1.54, 1.807) is 18.4 Å². The molecule has 1 aromatic heterocycles. The Balaban J connectivity index is 2.27. The number of hydrogen-bond acceptors (Lipinski definition) is 4. The van der Waals surface area contributed by atoms with E-state index >= 15 is 0 Å². The van der Waals surface area contributed by atoms with Gasteiger partial charge < -0.3 is 14.8 Å². The molecule has 1 unspecified atom stereocenters. The minimum atomic E-state index is 0.144. The number of benzene rings is 1. The molecule has 5 heteroatoms. The topological polar surface area (TPSA) is 30.5 Å². The number of halogens is 1. The van der Waals surface area contributed by atoms with Crippen molar-refractivity contribution < 1.29 is 9.47 Å². The molecule has 3 nitrogen and oxygen atoms in total. The maximum Gasteiger partial charge on any atom is 0.124 e. The van der Waals surface area contributed by atoms with Crippen molar-refractivity contribution >= 4 is 27.3 Å². The Kier molecular flexibility index (Phi) is 6.70. The third-order valence-electron chi connectivity index (χ3n) is 3.06. The largest absolute Gasteiger partial charge is 0.491 e. The molecular formula is C16H20BrNO2S. The molecule has 0 aliphatic heterocycles. The number of thiophene rings is 1. The van der Waals surface area contributed by atoms with Crippen molar-refractivity contribution in [2.75, 3.05) is 26.9 Å². The number of methoxy groups -OCH3 is 1. The summed E-state index contributed by atoms with van der Waals surface area (Å²) in [5.41, 5.74) is 1.16. The lowest BCUT2D eigenvalue weighted by Crippen LogP contribution is -2.22. The fourth-order valence-corrected chi connectivity index (χ4v) is 3.67. The van der Waals surface area contributed by atoms with E-state index in [0.717, 1.165) is 22.3 Å². The molecule has 0 bridgehead atoms. The van der Waals surface area contributed by atoms with E-state index in [1.165, 1.54) is 4.88 Å². The maximum absolute atomic E-state index is 5.86. The second kappa shape index (κ2) is 8.54. The lowest BCUT2D eigenvalue weighted by atomic mass is 10.0. The summed E-state index contributed by atoms with van der Waals surface area (Å²) < 4.78 is 12.0. The van der Waals surface area contributed by atoms with Gasteiger partial charge in [0.15, 0.2) is 0 Å². The van der Waals surface area contributed by atoms with Crippen LogP contribution in [0, 0.1) is 0 Å². The van der Waals surface area contributed by atoms with Crippen molar-refractivity contribution in [3.05, 3.63) is 50.6 Å². The standard InChI is InChI=1S/C16H20BrNO2S/c1-3-18-16(15-10-12(17)11-21-15)13-6-4-5-7-14(13)20-9-8-19-2/h4-7,10-11,16,18H,3,8-9H2,1-2H3. The van der Waals surface area contributed by atoms with E-state index in [0.29, 0.717) is 13.2 Å². The fourth-order valence-electron chi connectivity index (χ4n) is 2.13. The van der Waals surface area contributed by atoms with E-state index in [1.807, 2.05) is 18.2 Å². The molecule has 114 valence electrons. The van der Waals surface area contributed by atoms with Crippen molar-refractivity contribution in [3.63, 3.8) is 0 Å². The fraction of sp³-hybridized carbons (Fsp3) is 0.375. The van der Waals surface area contributed by atoms with Crippen LogP contribution in [0.3, 0.4) is 0 Å². The Hall–Kier alpha value is -0.880. The molecule has 21 heavy (non-hydrogen) atoms. The molecule has 0 fully saturated rings. The van der Waals surface area contributed by atoms with Gasteiger partial charge in [-0.3, -0.25) is 0 Å². The molecule has 0 aliphatic carbocycles. The molecule has 0 saturated carbocycles. The van der Waals surface area contributed by atoms with Crippen LogP contribution in [0.4, 0.5) is 0 Å². The van der Waals surface area contributed by atoms with Gasteiger partial charge in [0, 0.05) is 27.4 Å². The van der Waals surface area contributed by atoms with E-state index in [-0.39, 0.29) is 6.04 Å². The minimum absolute atomic E-state index is 0.144. The zero-order chi connectivity index (χ0) is 15.1. The third kappa shape index (κ3) is 4.54. The van der Waals surface area contributed by atoms with Crippen molar-refractivity contribution in [3.8, 4) is 5.75 Å². The lowest BCUT2D eigenvalue weighted by Gasteiger charge is -2.20. The van der Waals surface area contributed by atoms with Gasteiger partial charge in [0.25, 0.3) is 0 Å². The van der Waals surface area contributed by atoms with Gasteiger partial charge in [-0.1, -0.05) is 25.1 Å². The van der Waals surface area contributed by atoms with Crippen LogP contribution in [0.5, 0.6) is 5.75 Å². The highest BCUT2D eigenvalue weighted by Gasteiger charge is 2.18. The smallest absolute Gasteiger partial charge is 0.124 e. The number of nitrogens with one attached hydrogen (secondary N) is 1. The monoisotopic (exact) mass is 369 g/mol. The quantitative estimate of drug-likeness (QED) is 0.706. The molecule has 1 N–H and O–H groups in total. The molecule has 0 radical (unpaired) electrons. The SMILES string of the molecule is CCNC(c1cc(Br)cs1)c1ccccc1OCCOC. The first kappa shape index (κ1) is 16.5. The summed E-state index contributed by atoms with van der Waals surface area (Å²) in [4.78, 5) is 1.27. The summed E-state index contributed by atoms with van der Waals surface area (Å²) in [6.45, 7) is 4.15. The first-order chi connectivity index (χ1) is 10.3. The van der Waals surface area contributed by atoms with Crippen molar-refractivity contribution in [2.45, 2.75) is 13.0 Å². The molecule has 0 saturated heterocycles. The maximum atomic E-state index is 5.86. The third-order valence-corrected chi connectivity index (χ3v) is 4.81. The Bertz CT molecular complexity index is 559. The highest BCUT2D eigenvalue weighted by atomic mass is 79.9. The van der Waals surface area contributed by atoms with Crippen molar-refractivity contribution in [2.24, 2.45) is 0 Å². The Morgan fingerprint density at radius 1 is 1.29 bits per heavy atom. The Morgan fingerprint density at radius 2 is 2.10 bits per heavy atom. The highest BCUT2D eigenvalue weighted by Crippen LogP contribution is 2.34. The summed E-state index contributed by atoms with van der Waals surface area (Å²) in [5, 5.41) is 5.64. The average molecular weight is 370 g/mol. The molecule has 1 atom stereocenters. The van der Waals surface area contributed by atoms with Crippen LogP contribution < -0.4 is 10.1 Å². The van der Waals surface area contributed by atoms with Crippen LogP contribution in [-0.4, -0.2) is 26.9 Å². The summed E-state index contributed by atoms with van der Waals surface area (Å²) in [6, 6.07) is 10.5. The molecule has 1 heterocycles. The van der Waals surface area contributed by atoms with Gasteiger partial charge in [-0.15, -0.1) is 11.3 Å². The van der Waals surface area contributed by atoms with Crippen molar-refractivity contribution in [1.29, 1.82) is 0 Å². The van der Waals surface area contributed by atoms with Crippen molar-refractivity contribution in [1.82, 2.24) is 5.32 Å². The van der Waals surface area contributed by atoms with Gasteiger partial charge in [0.1, 0.15) is 12.4 Å². The van der Waals surface area contributed by atoms with Gasteiger partial charge in [0.05, 0.1) is 12.6 Å². The summed E-state index contributed by atoms with van der Waals surface area (Å²) in [5.74, 6) is 0.907. The van der Waals surface area contributed by atoms with Gasteiger partial charge in [-0.25, -0.2) is 0 Å². The van der Waals surface area contributed by atoms with Crippen LogP contribution >= 0.6 is 27.3 Å². The zero-order valence-corrected chi connectivity index (χ0v) is 14.7. The zero-order valence-electron chi connectivity index (χ0n) is 12.3. The minimum Gasteiger partial charge on any atom is -0.491 e. The second-order valence-corrected chi connectivity index (χ2v) is 6.40. The van der Waals surface area contributed by atoms with E-state index in [2.05, 4.69) is 45.7 Å². The lowest BCUT2D eigenvalue weighted by molar-refractivity contribution is 0.145. The first-order valence-electron chi connectivity index (χ1n) is 6.94. The molecule has 1 aromatic carbocycles. The van der Waals surface area contributed by atoms with E-state index in [9.17, 15) is 0 Å². The first-order valence-corrected chi connectivity index (χ1v) is 8.61. The van der Waals surface area contributed by atoms with Gasteiger partial charge in [-0.2, -0.15) is 0 Å². The molecule has 2 rings (SSSR count). The number of ether oxygens (including phenoxy) is 2. The molecule has 2 aromatic rings. The normalized spacial score (nSPS) is 12.3.